The predicted molar refractivity (Wildman–Crippen MR) is 80.4 cm³/mol. The Labute approximate surface area is 118 Å². The summed E-state index contributed by atoms with van der Waals surface area (Å²) in [6.45, 7) is 4.87. The standard InChI is InChI=1S/C16H18N4/c1-12-6-7-14(11-17-12)10-15-4-3-5-16(18-15)20-9-8-13(2)19-20/h3-9,14H,10-11H2,1-2H3. The van der Waals surface area contributed by atoms with Gasteiger partial charge in [0.15, 0.2) is 5.82 Å². The van der Waals surface area contributed by atoms with Gasteiger partial charge >= 0.3 is 0 Å². The fourth-order valence-electron chi connectivity index (χ4n) is 2.30. The van der Waals surface area contributed by atoms with Crippen molar-refractivity contribution >= 4 is 5.71 Å². The zero-order valence-corrected chi connectivity index (χ0v) is 11.8. The van der Waals surface area contributed by atoms with Gasteiger partial charge in [0.25, 0.3) is 0 Å². The predicted octanol–water partition coefficient (Wildman–Crippen LogP) is 2.77. The highest BCUT2D eigenvalue weighted by molar-refractivity contribution is 5.93. The Morgan fingerprint density at radius 1 is 1.25 bits per heavy atom. The first-order chi connectivity index (χ1) is 9.70. The summed E-state index contributed by atoms with van der Waals surface area (Å²) in [6, 6.07) is 8.07. The van der Waals surface area contributed by atoms with Gasteiger partial charge in [-0.1, -0.05) is 12.1 Å². The number of aryl methyl sites for hydroxylation is 1. The smallest absolute Gasteiger partial charge is 0.153 e. The van der Waals surface area contributed by atoms with Crippen LogP contribution in [-0.2, 0) is 6.42 Å². The summed E-state index contributed by atoms with van der Waals surface area (Å²) in [6.07, 6.45) is 7.18. The average molecular weight is 266 g/mol. The Kier molecular flexibility index (Phi) is 3.46. The molecule has 0 aliphatic carbocycles. The van der Waals surface area contributed by atoms with E-state index in [0.717, 1.165) is 35.9 Å². The van der Waals surface area contributed by atoms with Crippen LogP contribution in [-0.4, -0.2) is 27.0 Å². The molecule has 0 N–H and O–H groups in total. The first-order valence-corrected chi connectivity index (χ1v) is 6.88. The van der Waals surface area contributed by atoms with Gasteiger partial charge in [0, 0.05) is 30.1 Å². The number of pyridine rings is 1. The zero-order valence-electron chi connectivity index (χ0n) is 11.8. The third-order valence-corrected chi connectivity index (χ3v) is 3.41. The van der Waals surface area contributed by atoms with Crippen molar-refractivity contribution in [2.75, 3.05) is 6.54 Å². The Bertz CT molecular complexity index is 667. The van der Waals surface area contributed by atoms with Crippen molar-refractivity contribution in [3.63, 3.8) is 0 Å². The quantitative estimate of drug-likeness (QED) is 0.857. The summed E-state index contributed by atoms with van der Waals surface area (Å²) in [7, 11) is 0. The molecule has 0 fully saturated rings. The molecule has 3 rings (SSSR count). The van der Waals surface area contributed by atoms with Gasteiger partial charge in [-0.05, 0) is 44.5 Å². The Hall–Kier alpha value is -2.23. The van der Waals surface area contributed by atoms with E-state index in [1.165, 1.54) is 0 Å². The summed E-state index contributed by atoms with van der Waals surface area (Å²) < 4.78 is 1.82. The molecule has 2 aromatic rings. The summed E-state index contributed by atoms with van der Waals surface area (Å²) in [4.78, 5) is 9.16. The zero-order chi connectivity index (χ0) is 13.9. The van der Waals surface area contributed by atoms with Crippen LogP contribution in [0.15, 0.2) is 47.6 Å². The van der Waals surface area contributed by atoms with Gasteiger partial charge in [-0.2, -0.15) is 5.10 Å². The monoisotopic (exact) mass is 266 g/mol. The number of aromatic nitrogens is 3. The van der Waals surface area contributed by atoms with E-state index < -0.39 is 0 Å². The minimum Gasteiger partial charge on any atom is -0.289 e. The van der Waals surface area contributed by atoms with E-state index in [2.05, 4.69) is 33.3 Å². The molecule has 0 spiro atoms. The Morgan fingerprint density at radius 3 is 2.85 bits per heavy atom. The summed E-state index contributed by atoms with van der Waals surface area (Å²) >= 11 is 0. The number of hydrogen-bond donors (Lipinski definition) is 0. The minimum absolute atomic E-state index is 0.445. The molecule has 2 aromatic heterocycles. The lowest BCUT2D eigenvalue weighted by atomic mass is 10.00. The van der Waals surface area contributed by atoms with Gasteiger partial charge in [0.05, 0.1) is 5.69 Å². The van der Waals surface area contributed by atoms with Gasteiger partial charge in [-0.15, -0.1) is 0 Å². The van der Waals surface area contributed by atoms with Crippen LogP contribution in [0, 0.1) is 12.8 Å². The molecule has 20 heavy (non-hydrogen) atoms. The SMILES string of the molecule is CC1=NCC(Cc2cccc(-n3ccc(C)n3)n2)C=C1. The molecule has 1 unspecified atom stereocenters. The molecule has 3 heterocycles. The van der Waals surface area contributed by atoms with Gasteiger partial charge in [0.1, 0.15) is 0 Å². The lowest BCUT2D eigenvalue weighted by Gasteiger charge is -2.14. The average Bonchev–Trinajstić information content (AvgIpc) is 2.89. The van der Waals surface area contributed by atoms with Crippen LogP contribution in [0.4, 0.5) is 0 Å². The first kappa shape index (κ1) is 12.8. The second-order valence-corrected chi connectivity index (χ2v) is 5.19. The van der Waals surface area contributed by atoms with Crippen LogP contribution in [0.25, 0.3) is 5.82 Å². The minimum atomic E-state index is 0.445. The molecule has 1 aliphatic rings. The van der Waals surface area contributed by atoms with Crippen LogP contribution in [0.5, 0.6) is 0 Å². The molecule has 1 aliphatic heterocycles. The fourth-order valence-corrected chi connectivity index (χ4v) is 2.30. The van der Waals surface area contributed by atoms with Gasteiger partial charge in [-0.3, -0.25) is 4.99 Å². The van der Waals surface area contributed by atoms with E-state index >= 15 is 0 Å². The maximum Gasteiger partial charge on any atom is 0.153 e. The van der Waals surface area contributed by atoms with Crippen molar-refractivity contribution in [1.29, 1.82) is 0 Å². The van der Waals surface area contributed by atoms with Gasteiger partial charge < -0.3 is 0 Å². The van der Waals surface area contributed by atoms with E-state index in [1.807, 2.05) is 42.9 Å². The van der Waals surface area contributed by atoms with Crippen molar-refractivity contribution in [3.8, 4) is 5.82 Å². The number of dihydropyridines is 1. The fraction of sp³-hybridized carbons (Fsp3) is 0.312. The largest absolute Gasteiger partial charge is 0.289 e. The second kappa shape index (κ2) is 5.41. The summed E-state index contributed by atoms with van der Waals surface area (Å²) in [5.41, 5.74) is 3.19. The lowest BCUT2D eigenvalue weighted by Crippen LogP contribution is -2.12. The molecule has 0 radical (unpaired) electrons. The molecule has 0 aromatic carbocycles. The summed E-state index contributed by atoms with van der Waals surface area (Å²) in [5, 5.41) is 4.40. The second-order valence-electron chi connectivity index (χ2n) is 5.19. The third-order valence-electron chi connectivity index (χ3n) is 3.41. The molecular weight excluding hydrogens is 248 g/mol. The molecule has 0 saturated heterocycles. The van der Waals surface area contributed by atoms with Gasteiger partial charge in [-0.25, -0.2) is 9.67 Å². The van der Waals surface area contributed by atoms with Crippen molar-refractivity contribution in [3.05, 3.63) is 54.0 Å². The maximum absolute atomic E-state index is 4.69. The van der Waals surface area contributed by atoms with Crippen LogP contribution in [0.3, 0.4) is 0 Å². The highest BCUT2D eigenvalue weighted by atomic mass is 15.3. The topological polar surface area (TPSA) is 43.1 Å². The van der Waals surface area contributed by atoms with E-state index in [0.29, 0.717) is 5.92 Å². The van der Waals surface area contributed by atoms with Crippen LogP contribution in [0.1, 0.15) is 18.3 Å². The third kappa shape index (κ3) is 2.85. The van der Waals surface area contributed by atoms with E-state index in [1.54, 1.807) is 0 Å². The van der Waals surface area contributed by atoms with E-state index in [4.69, 9.17) is 0 Å². The van der Waals surface area contributed by atoms with E-state index in [-0.39, 0.29) is 0 Å². The van der Waals surface area contributed by atoms with E-state index in [9.17, 15) is 0 Å². The number of hydrogen-bond acceptors (Lipinski definition) is 3. The van der Waals surface area contributed by atoms with Crippen molar-refractivity contribution in [2.24, 2.45) is 10.9 Å². The number of aliphatic imine (C=N–C) groups is 1. The summed E-state index contributed by atoms with van der Waals surface area (Å²) in [5.74, 6) is 1.32. The van der Waals surface area contributed by atoms with Crippen LogP contribution >= 0.6 is 0 Å². The first-order valence-electron chi connectivity index (χ1n) is 6.88. The van der Waals surface area contributed by atoms with Crippen molar-refractivity contribution in [1.82, 2.24) is 14.8 Å². The van der Waals surface area contributed by atoms with Crippen LogP contribution in [0.2, 0.25) is 0 Å². The Balaban J connectivity index is 1.77. The lowest BCUT2D eigenvalue weighted by molar-refractivity contribution is 0.641. The molecule has 0 saturated carbocycles. The van der Waals surface area contributed by atoms with Gasteiger partial charge in [0.2, 0.25) is 0 Å². The van der Waals surface area contributed by atoms with Crippen molar-refractivity contribution in [2.45, 2.75) is 20.3 Å². The normalized spacial score (nSPS) is 18.1. The highest BCUT2D eigenvalue weighted by Crippen LogP contribution is 2.14. The number of nitrogens with zero attached hydrogens (tertiary/aromatic N) is 4. The molecule has 1 atom stereocenters. The van der Waals surface area contributed by atoms with Crippen LogP contribution < -0.4 is 0 Å². The Morgan fingerprint density at radius 2 is 2.15 bits per heavy atom. The number of rotatable bonds is 3. The molecule has 0 bridgehead atoms. The molecule has 102 valence electrons. The molecule has 4 heteroatoms. The molecular formula is C16H18N4. The number of allylic oxidation sites excluding steroid dienone is 1. The molecule has 0 amide bonds. The van der Waals surface area contributed by atoms with Crippen molar-refractivity contribution < 1.29 is 0 Å². The maximum atomic E-state index is 4.69. The highest BCUT2D eigenvalue weighted by Gasteiger charge is 2.11. The molecule has 4 nitrogen and oxygen atoms in total.